The van der Waals surface area contributed by atoms with Crippen molar-refractivity contribution in [1.29, 1.82) is 0 Å². The molecule has 2 atom stereocenters. The van der Waals surface area contributed by atoms with Crippen LogP contribution in [0.15, 0.2) is 34.4 Å². The van der Waals surface area contributed by atoms with Gasteiger partial charge in [0.2, 0.25) is 5.91 Å². The Morgan fingerprint density at radius 1 is 1.29 bits per heavy atom. The molecular weight excluding hydrogens is 271 g/mol. The Morgan fingerprint density at radius 2 is 2.00 bits per heavy atom. The standard InChI is InChI=1S/C15H17FN4O/c1-9-13-14(10-6-4-5-7-11(10)16)17-8-12(21)19(2)15(13)20(3)18-9/h4-7,13,15H,8H2,1-3H3. The topological polar surface area (TPSA) is 48.3 Å². The van der Waals surface area contributed by atoms with Gasteiger partial charge in [-0.15, -0.1) is 0 Å². The first-order valence-electron chi connectivity index (χ1n) is 6.83. The van der Waals surface area contributed by atoms with E-state index in [1.807, 2.05) is 14.0 Å². The number of rotatable bonds is 1. The van der Waals surface area contributed by atoms with Gasteiger partial charge in [0.1, 0.15) is 18.5 Å². The highest BCUT2D eigenvalue weighted by Gasteiger charge is 2.43. The third-order valence-corrected chi connectivity index (χ3v) is 4.07. The maximum atomic E-state index is 14.1. The summed E-state index contributed by atoms with van der Waals surface area (Å²) in [5.41, 5.74) is 1.88. The molecular formula is C15H17FN4O. The van der Waals surface area contributed by atoms with E-state index in [4.69, 9.17) is 0 Å². The van der Waals surface area contributed by atoms with Crippen molar-refractivity contribution < 1.29 is 9.18 Å². The first kappa shape index (κ1) is 13.7. The molecule has 0 bridgehead atoms. The van der Waals surface area contributed by atoms with E-state index in [0.717, 1.165) is 5.71 Å². The molecule has 21 heavy (non-hydrogen) atoms. The van der Waals surface area contributed by atoms with E-state index in [0.29, 0.717) is 11.3 Å². The van der Waals surface area contributed by atoms with Gasteiger partial charge in [0, 0.05) is 25.4 Å². The van der Waals surface area contributed by atoms with Crippen molar-refractivity contribution in [3.05, 3.63) is 35.6 Å². The van der Waals surface area contributed by atoms with E-state index >= 15 is 0 Å². The van der Waals surface area contributed by atoms with Crippen LogP contribution in [0.5, 0.6) is 0 Å². The smallest absolute Gasteiger partial charge is 0.245 e. The number of halogens is 1. The summed E-state index contributed by atoms with van der Waals surface area (Å²) < 4.78 is 14.1. The lowest BCUT2D eigenvalue weighted by atomic mass is 9.90. The minimum Gasteiger partial charge on any atom is -0.321 e. The Balaban J connectivity index is 2.13. The third kappa shape index (κ3) is 2.11. The summed E-state index contributed by atoms with van der Waals surface area (Å²) in [5.74, 6) is -0.620. The molecule has 1 aromatic rings. The number of fused-ring (bicyclic) bond motifs is 1. The first-order valence-corrected chi connectivity index (χ1v) is 6.83. The Labute approximate surface area is 122 Å². The molecule has 0 fully saturated rings. The molecule has 0 aromatic heterocycles. The number of carbonyl (C=O) groups excluding carboxylic acids is 1. The molecule has 2 unspecified atom stereocenters. The van der Waals surface area contributed by atoms with Crippen molar-refractivity contribution in [2.45, 2.75) is 13.1 Å². The van der Waals surface area contributed by atoms with E-state index in [9.17, 15) is 9.18 Å². The highest BCUT2D eigenvalue weighted by atomic mass is 19.1. The lowest BCUT2D eigenvalue weighted by molar-refractivity contribution is -0.133. The Bertz CT molecular complexity index is 655. The second-order valence-electron chi connectivity index (χ2n) is 5.39. The van der Waals surface area contributed by atoms with Crippen molar-refractivity contribution in [3.63, 3.8) is 0 Å². The van der Waals surface area contributed by atoms with Crippen LogP contribution in [0, 0.1) is 11.7 Å². The van der Waals surface area contributed by atoms with Crippen molar-refractivity contribution in [1.82, 2.24) is 9.91 Å². The molecule has 0 N–H and O–H groups in total. The van der Waals surface area contributed by atoms with Gasteiger partial charge in [-0.3, -0.25) is 14.8 Å². The molecule has 110 valence electrons. The predicted octanol–water partition coefficient (Wildman–Crippen LogP) is 1.35. The molecule has 2 heterocycles. The van der Waals surface area contributed by atoms with Gasteiger partial charge in [0.05, 0.1) is 11.6 Å². The molecule has 1 amide bonds. The van der Waals surface area contributed by atoms with Crippen LogP contribution in [0.25, 0.3) is 0 Å². The van der Waals surface area contributed by atoms with Crippen LogP contribution in [0.3, 0.4) is 0 Å². The van der Waals surface area contributed by atoms with E-state index in [-0.39, 0.29) is 30.4 Å². The van der Waals surface area contributed by atoms with Gasteiger partial charge >= 0.3 is 0 Å². The Morgan fingerprint density at radius 3 is 2.71 bits per heavy atom. The third-order valence-electron chi connectivity index (χ3n) is 4.07. The Kier molecular flexibility index (Phi) is 3.23. The summed E-state index contributed by atoms with van der Waals surface area (Å²) >= 11 is 0. The molecule has 5 nitrogen and oxygen atoms in total. The van der Waals surface area contributed by atoms with Crippen LogP contribution in [0.1, 0.15) is 12.5 Å². The second-order valence-corrected chi connectivity index (χ2v) is 5.39. The quantitative estimate of drug-likeness (QED) is 0.783. The zero-order valence-electron chi connectivity index (χ0n) is 12.2. The fourth-order valence-corrected chi connectivity index (χ4v) is 3.05. The molecule has 2 aliphatic heterocycles. The van der Waals surface area contributed by atoms with Gasteiger partial charge in [-0.05, 0) is 13.0 Å². The molecule has 3 rings (SSSR count). The normalized spacial score (nSPS) is 25.4. The van der Waals surface area contributed by atoms with Crippen molar-refractivity contribution in [3.8, 4) is 0 Å². The summed E-state index contributed by atoms with van der Waals surface area (Å²) in [4.78, 5) is 18.2. The van der Waals surface area contributed by atoms with Gasteiger partial charge in [-0.1, -0.05) is 18.2 Å². The SMILES string of the molecule is CC1=NN(C)C2C1C(c1ccccc1F)=NCC(=O)N2C. The summed E-state index contributed by atoms with van der Waals surface area (Å²) in [6, 6.07) is 6.53. The number of amides is 1. The lowest BCUT2D eigenvalue weighted by Crippen LogP contribution is -2.49. The van der Waals surface area contributed by atoms with E-state index in [1.54, 1.807) is 35.2 Å². The van der Waals surface area contributed by atoms with Crippen LogP contribution in [0.4, 0.5) is 4.39 Å². The second kappa shape index (κ2) is 4.95. The number of benzene rings is 1. The summed E-state index contributed by atoms with van der Waals surface area (Å²) in [5, 5.41) is 6.17. The van der Waals surface area contributed by atoms with Crippen molar-refractivity contribution in [2.75, 3.05) is 20.6 Å². The molecule has 1 aromatic carbocycles. The van der Waals surface area contributed by atoms with Crippen molar-refractivity contribution in [2.24, 2.45) is 16.0 Å². The molecule has 0 spiro atoms. The number of hydrogen-bond donors (Lipinski definition) is 0. The number of nitrogens with zero attached hydrogens (tertiary/aromatic N) is 4. The maximum absolute atomic E-state index is 14.1. The fourth-order valence-electron chi connectivity index (χ4n) is 3.05. The maximum Gasteiger partial charge on any atom is 0.245 e. The minimum absolute atomic E-state index is 0.0360. The zero-order valence-corrected chi connectivity index (χ0v) is 12.2. The molecule has 0 radical (unpaired) electrons. The zero-order chi connectivity index (χ0) is 15.1. The van der Waals surface area contributed by atoms with Crippen LogP contribution >= 0.6 is 0 Å². The van der Waals surface area contributed by atoms with Crippen LogP contribution in [-0.4, -0.2) is 54.0 Å². The largest absolute Gasteiger partial charge is 0.321 e. The van der Waals surface area contributed by atoms with Gasteiger partial charge in [-0.2, -0.15) is 5.10 Å². The predicted molar refractivity (Wildman–Crippen MR) is 78.7 cm³/mol. The van der Waals surface area contributed by atoms with Gasteiger partial charge in [-0.25, -0.2) is 4.39 Å². The molecule has 0 saturated carbocycles. The van der Waals surface area contributed by atoms with Crippen molar-refractivity contribution >= 4 is 17.3 Å². The monoisotopic (exact) mass is 288 g/mol. The number of carbonyl (C=O) groups is 1. The lowest BCUT2D eigenvalue weighted by Gasteiger charge is -2.32. The van der Waals surface area contributed by atoms with Gasteiger partial charge < -0.3 is 4.90 Å². The minimum atomic E-state index is -0.325. The molecule has 2 aliphatic rings. The Hall–Kier alpha value is -2.24. The van der Waals surface area contributed by atoms with E-state index < -0.39 is 0 Å². The van der Waals surface area contributed by atoms with E-state index in [1.165, 1.54) is 6.07 Å². The highest BCUT2D eigenvalue weighted by Crippen LogP contribution is 2.29. The molecule has 6 heteroatoms. The number of hydrogen-bond acceptors (Lipinski definition) is 4. The summed E-state index contributed by atoms with van der Waals surface area (Å²) in [6.07, 6.45) is -0.252. The van der Waals surface area contributed by atoms with E-state index in [2.05, 4.69) is 10.1 Å². The average molecular weight is 288 g/mol. The summed E-state index contributed by atoms with van der Waals surface area (Å²) in [7, 11) is 3.56. The molecule has 0 aliphatic carbocycles. The van der Waals surface area contributed by atoms with Crippen LogP contribution < -0.4 is 0 Å². The highest BCUT2D eigenvalue weighted by molar-refractivity contribution is 6.16. The molecule has 0 saturated heterocycles. The first-order chi connectivity index (χ1) is 10.0. The van der Waals surface area contributed by atoms with Crippen LogP contribution in [-0.2, 0) is 4.79 Å². The number of aliphatic imine (C=N–C) groups is 1. The van der Waals surface area contributed by atoms with Gasteiger partial charge in [0.15, 0.2) is 0 Å². The van der Waals surface area contributed by atoms with Gasteiger partial charge in [0.25, 0.3) is 0 Å². The summed E-state index contributed by atoms with van der Waals surface area (Å²) in [6.45, 7) is 1.93. The number of likely N-dealkylation sites (N-methyl/N-ethyl adjacent to an activating group) is 1. The fraction of sp³-hybridized carbons (Fsp3) is 0.400. The van der Waals surface area contributed by atoms with Crippen LogP contribution in [0.2, 0.25) is 0 Å². The number of hydrazone groups is 1. The average Bonchev–Trinajstić information content (AvgIpc) is 2.66.